The highest BCUT2D eigenvalue weighted by Gasteiger charge is 2.48. The molecular weight excluding hydrogens is 268 g/mol. The van der Waals surface area contributed by atoms with Gasteiger partial charge in [0.1, 0.15) is 17.7 Å². The van der Waals surface area contributed by atoms with Crippen molar-refractivity contribution in [3.05, 3.63) is 0 Å². The summed E-state index contributed by atoms with van der Waals surface area (Å²) in [7, 11) is 0. The van der Waals surface area contributed by atoms with Crippen LogP contribution < -0.4 is 11.1 Å². The minimum atomic E-state index is -1.52. The zero-order chi connectivity index (χ0) is 15.6. The summed E-state index contributed by atoms with van der Waals surface area (Å²) in [6.45, 7) is 5.37. The number of hydrogen-bond donors (Lipinski definition) is 4. The van der Waals surface area contributed by atoms with Gasteiger partial charge in [-0.3, -0.25) is 4.79 Å². The number of aliphatic hydroxyl groups is 1. The van der Waals surface area contributed by atoms with Crippen molar-refractivity contribution in [2.75, 3.05) is 13.2 Å². The predicted octanol–water partition coefficient (Wildman–Crippen LogP) is -0.557. The first-order valence-corrected chi connectivity index (χ1v) is 6.33. The van der Waals surface area contributed by atoms with Gasteiger partial charge in [0.2, 0.25) is 0 Å². The van der Waals surface area contributed by atoms with E-state index in [1.807, 2.05) is 0 Å². The lowest BCUT2D eigenvalue weighted by Crippen LogP contribution is -2.64. The number of alkyl carbamates (subject to hydrolysis) is 1. The molecule has 20 heavy (non-hydrogen) atoms. The lowest BCUT2D eigenvalue weighted by molar-refractivity contribution is -0.143. The normalized spacial score (nSPS) is 25.9. The van der Waals surface area contributed by atoms with E-state index < -0.39 is 35.3 Å². The number of rotatable bonds is 4. The molecule has 1 amide bonds. The number of nitrogens with two attached hydrogens (primary N) is 1. The monoisotopic (exact) mass is 290 g/mol. The Balaban J connectivity index is 2.82. The Kier molecular flexibility index (Phi) is 4.95. The molecule has 1 rings (SSSR count). The first-order valence-electron chi connectivity index (χ1n) is 6.33. The number of carbonyl (C=O) groups excluding carboxylic acids is 1. The maximum Gasteiger partial charge on any atom is 0.408 e. The lowest BCUT2D eigenvalue weighted by Gasteiger charge is -2.36. The highest BCUT2D eigenvalue weighted by Crippen LogP contribution is 2.25. The minimum Gasteiger partial charge on any atom is -0.480 e. The van der Waals surface area contributed by atoms with Crippen molar-refractivity contribution in [2.45, 2.75) is 50.5 Å². The Morgan fingerprint density at radius 3 is 2.45 bits per heavy atom. The Hall–Kier alpha value is -1.38. The standard InChI is InChI=1S/C12H22N2O6/c1-11(2,3)20-10(18)14-12(4-5-19-6-12)8(15)7(13)9(16)17/h7-8,15H,4-6,13H2,1-3H3,(H,14,18)(H,16,17). The van der Waals surface area contributed by atoms with Gasteiger partial charge in [-0.2, -0.15) is 0 Å². The number of ether oxygens (including phenoxy) is 2. The van der Waals surface area contributed by atoms with Crippen LogP contribution in [0.1, 0.15) is 27.2 Å². The van der Waals surface area contributed by atoms with Crippen molar-refractivity contribution in [3.63, 3.8) is 0 Å². The lowest BCUT2D eigenvalue weighted by atomic mass is 9.87. The van der Waals surface area contributed by atoms with Gasteiger partial charge in [0.05, 0.1) is 12.1 Å². The van der Waals surface area contributed by atoms with Crippen LogP contribution >= 0.6 is 0 Å². The van der Waals surface area contributed by atoms with E-state index >= 15 is 0 Å². The molecular formula is C12H22N2O6. The van der Waals surface area contributed by atoms with Gasteiger partial charge in [-0.15, -0.1) is 0 Å². The summed E-state index contributed by atoms with van der Waals surface area (Å²) < 4.78 is 10.3. The average Bonchev–Trinajstić information content (AvgIpc) is 2.73. The van der Waals surface area contributed by atoms with Crippen molar-refractivity contribution >= 4 is 12.1 Å². The van der Waals surface area contributed by atoms with Crippen molar-refractivity contribution in [2.24, 2.45) is 5.73 Å². The van der Waals surface area contributed by atoms with Crippen LogP contribution in [0.5, 0.6) is 0 Å². The molecule has 3 unspecified atom stereocenters. The summed E-state index contributed by atoms with van der Waals surface area (Å²) in [5.41, 5.74) is 3.48. The van der Waals surface area contributed by atoms with Crippen LogP contribution in [0.4, 0.5) is 4.79 Å². The molecule has 0 aromatic rings. The fourth-order valence-corrected chi connectivity index (χ4v) is 1.97. The van der Waals surface area contributed by atoms with Crippen molar-refractivity contribution in [1.29, 1.82) is 0 Å². The van der Waals surface area contributed by atoms with Gasteiger partial charge >= 0.3 is 12.1 Å². The molecule has 1 aliphatic rings. The maximum atomic E-state index is 11.8. The number of carboxylic acids is 1. The second-order valence-corrected chi connectivity index (χ2v) is 5.89. The molecule has 0 aliphatic carbocycles. The molecule has 3 atom stereocenters. The Labute approximate surface area is 117 Å². The number of hydrogen-bond acceptors (Lipinski definition) is 6. The zero-order valence-electron chi connectivity index (χ0n) is 11.9. The molecule has 1 fully saturated rings. The molecule has 116 valence electrons. The third-order valence-electron chi connectivity index (χ3n) is 2.99. The SMILES string of the molecule is CC(C)(C)OC(=O)NC1(C(O)C(N)C(=O)O)CCOC1. The quantitative estimate of drug-likeness (QED) is 0.546. The maximum absolute atomic E-state index is 11.8. The first kappa shape index (κ1) is 16.7. The fraction of sp³-hybridized carbons (Fsp3) is 0.833. The number of aliphatic carboxylic acids is 1. The fourth-order valence-electron chi connectivity index (χ4n) is 1.97. The van der Waals surface area contributed by atoms with Crippen LogP contribution in [-0.2, 0) is 14.3 Å². The van der Waals surface area contributed by atoms with Gasteiger partial charge < -0.3 is 30.7 Å². The highest BCUT2D eigenvalue weighted by atomic mass is 16.6. The Morgan fingerprint density at radius 1 is 1.45 bits per heavy atom. The molecule has 0 saturated carbocycles. The van der Waals surface area contributed by atoms with Gasteiger partial charge in [0, 0.05) is 6.61 Å². The second kappa shape index (κ2) is 5.94. The van der Waals surface area contributed by atoms with E-state index in [4.69, 9.17) is 20.3 Å². The van der Waals surface area contributed by atoms with Gasteiger partial charge in [0.15, 0.2) is 0 Å². The average molecular weight is 290 g/mol. The van der Waals surface area contributed by atoms with Crippen molar-refractivity contribution in [3.8, 4) is 0 Å². The molecule has 0 aromatic heterocycles. The number of carbonyl (C=O) groups is 2. The molecule has 1 saturated heterocycles. The summed E-state index contributed by atoms with van der Waals surface area (Å²) in [5.74, 6) is -1.35. The molecule has 1 heterocycles. The van der Waals surface area contributed by atoms with E-state index in [9.17, 15) is 14.7 Å². The van der Waals surface area contributed by atoms with Crippen LogP contribution in [0, 0.1) is 0 Å². The van der Waals surface area contributed by atoms with Gasteiger partial charge in [-0.05, 0) is 27.2 Å². The number of aliphatic hydroxyl groups excluding tert-OH is 1. The van der Waals surface area contributed by atoms with E-state index in [2.05, 4.69) is 5.32 Å². The Morgan fingerprint density at radius 2 is 2.05 bits per heavy atom. The van der Waals surface area contributed by atoms with E-state index in [0.717, 1.165) is 0 Å². The number of nitrogens with one attached hydrogen (secondary N) is 1. The summed E-state index contributed by atoms with van der Waals surface area (Å²) in [6, 6.07) is -1.52. The van der Waals surface area contributed by atoms with E-state index in [1.54, 1.807) is 20.8 Å². The predicted molar refractivity (Wildman–Crippen MR) is 69.2 cm³/mol. The molecule has 8 nitrogen and oxygen atoms in total. The molecule has 0 aromatic carbocycles. The first-order chi connectivity index (χ1) is 9.07. The number of carboxylic acid groups (broad SMARTS) is 1. The molecule has 0 radical (unpaired) electrons. The molecule has 0 bridgehead atoms. The number of amides is 1. The van der Waals surface area contributed by atoms with Crippen LogP contribution in [0.25, 0.3) is 0 Å². The van der Waals surface area contributed by atoms with Crippen molar-refractivity contribution in [1.82, 2.24) is 5.32 Å². The highest BCUT2D eigenvalue weighted by molar-refractivity contribution is 5.75. The molecule has 1 aliphatic heterocycles. The topological polar surface area (TPSA) is 131 Å². The minimum absolute atomic E-state index is 0.0195. The van der Waals surface area contributed by atoms with Crippen molar-refractivity contribution < 1.29 is 29.3 Å². The summed E-state index contributed by atoms with van der Waals surface area (Å²) in [6.07, 6.45) is -1.97. The van der Waals surface area contributed by atoms with Gasteiger partial charge in [-0.25, -0.2) is 4.79 Å². The third-order valence-corrected chi connectivity index (χ3v) is 2.99. The van der Waals surface area contributed by atoms with E-state index in [-0.39, 0.29) is 13.0 Å². The smallest absolute Gasteiger partial charge is 0.408 e. The van der Waals surface area contributed by atoms with Crippen LogP contribution in [0.3, 0.4) is 0 Å². The molecule has 5 N–H and O–H groups in total. The largest absolute Gasteiger partial charge is 0.480 e. The van der Waals surface area contributed by atoms with E-state index in [1.165, 1.54) is 0 Å². The van der Waals surface area contributed by atoms with Crippen LogP contribution in [-0.4, -0.2) is 58.8 Å². The zero-order valence-corrected chi connectivity index (χ0v) is 11.9. The summed E-state index contributed by atoms with van der Waals surface area (Å²) in [5, 5.41) is 21.5. The summed E-state index contributed by atoms with van der Waals surface area (Å²) >= 11 is 0. The molecule has 8 heteroatoms. The third kappa shape index (κ3) is 4.06. The van der Waals surface area contributed by atoms with Gasteiger partial charge in [-0.1, -0.05) is 0 Å². The summed E-state index contributed by atoms with van der Waals surface area (Å²) in [4.78, 5) is 22.7. The van der Waals surface area contributed by atoms with Crippen LogP contribution in [0.2, 0.25) is 0 Å². The second-order valence-electron chi connectivity index (χ2n) is 5.89. The molecule has 0 spiro atoms. The van der Waals surface area contributed by atoms with Gasteiger partial charge in [0.25, 0.3) is 0 Å². The Bertz CT molecular complexity index is 373. The van der Waals surface area contributed by atoms with Crippen LogP contribution in [0.15, 0.2) is 0 Å². The van der Waals surface area contributed by atoms with E-state index in [0.29, 0.717) is 6.61 Å².